The molecule has 37 heteroatoms. The molecule has 0 saturated carbocycles. The Labute approximate surface area is 578 Å². The van der Waals surface area contributed by atoms with Crippen LogP contribution >= 0.6 is 0 Å². The summed E-state index contributed by atoms with van der Waals surface area (Å²) in [7, 11) is 0. The molecular formula is C57H90GdN15O21. The summed E-state index contributed by atoms with van der Waals surface area (Å²) in [6.07, 6.45) is 15.4. The van der Waals surface area contributed by atoms with Crippen LogP contribution in [-0.2, 0) is 57.5 Å². The Balaban J connectivity index is 0.00000137. The summed E-state index contributed by atoms with van der Waals surface area (Å²) in [6.45, 7) is 5.88. The molecule has 0 aromatic rings. The predicted molar refractivity (Wildman–Crippen MR) is 324 cm³/mol. The molecule has 0 aliphatic carbocycles. The van der Waals surface area contributed by atoms with E-state index in [1.807, 2.05) is 14.7 Å². The van der Waals surface area contributed by atoms with Crippen molar-refractivity contribution in [2.75, 3.05) is 255 Å². The van der Waals surface area contributed by atoms with E-state index < -0.39 is 53.7 Å². The molecule has 527 valence electrons. The van der Waals surface area contributed by atoms with Crippen molar-refractivity contribution in [1.29, 1.82) is 0 Å². The number of carboxylic acid groups (broad SMARTS) is 9. The third-order valence-electron chi connectivity index (χ3n) is 14.3. The minimum absolute atomic E-state index is 0. The van der Waals surface area contributed by atoms with Crippen LogP contribution in [0.2, 0.25) is 0 Å². The van der Waals surface area contributed by atoms with Gasteiger partial charge in [-0.3, -0.25) is 102 Å². The number of rotatable bonds is 27. The molecule has 36 nitrogen and oxygen atoms in total. The van der Waals surface area contributed by atoms with Gasteiger partial charge >= 0.3 is 75.8 Å². The van der Waals surface area contributed by atoms with Crippen LogP contribution < -0.4 is 31.3 Å². The average molecular weight is 1480 g/mol. The topological polar surface area (TPSA) is 470 Å². The Morgan fingerprint density at radius 3 is 0.479 bits per heavy atom. The Hall–Kier alpha value is -6.84. The Bertz CT molecular complexity index is 2180. The molecule has 3 fully saturated rings. The number of carbonyl (C=O) groups excluding carboxylic acids is 6. The Kier molecular flexibility index (Phi) is 47.8. The van der Waals surface area contributed by atoms with Crippen molar-refractivity contribution < 1.29 is 143 Å². The van der Waals surface area contributed by atoms with E-state index in [0.29, 0.717) is 118 Å². The second-order valence-electron chi connectivity index (χ2n) is 21.7. The summed E-state index contributed by atoms with van der Waals surface area (Å²) in [5.74, 6) is -3.71. The van der Waals surface area contributed by atoms with Gasteiger partial charge in [-0.1, -0.05) is 17.8 Å². The van der Waals surface area contributed by atoms with Crippen molar-refractivity contribution in [3.63, 3.8) is 0 Å². The van der Waals surface area contributed by atoms with Gasteiger partial charge in [0.2, 0.25) is 17.7 Å². The van der Waals surface area contributed by atoms with E-state index in [0.717, 1.165) is 0 Å². The van der Waals surface area contributed by atoms with Crippen LogP contribution in [0.4, 0.5) is 0 Å². The number of hydrogen-bond acceptors (Lipinski definition) is 27. The molecule has 1 radical (unpaired) electrons. The SMILES string of the molecule is C#CCNC(=O)CN1CCN(CC(=O)O)CCN(CC(=O)[O-])CCN(CC(=O)O)CC1.C#CCNC(=O)CN1CCN(CC(=O)O)CCN(CC(=O)[O-])CCN(CC(=O)O)CC1.C#CCNC(=O)CN1CCN(CC(=O)O)CCN(CC(=O)[O-])CCN(CC(=O)O)CC1.[Gd+3]. The van der Waals surface area contributed by atoms with E-state index >= 15 is 0 Å². The van der Waals surface area contributed by atoms with Gasteiger partial charge in [0.05, 0.1) is 96.4 Å². The summed E-state index contributed by atoms with van der Waals surface area (Å²) in [6, 6.07) is 0. The van der Waals surface area contributed by atoms with E-state index in [-0.39, 0.29) is 195 Å². The normalized spacial score (nSPS) is 18.1. The molecule has 3 rings (SSSR count). The van der Waals surface area contributed by atoms with Gasteiger partial charge in [0.1, 0.15) is 0 Å². The zero-order valence-corrected chi connectivity index (χ0v) is 55.1. The van der Waals surface area contributed by atoms with E-state index in [1.165, 1.54) is 0 Å². The third kappa shape index (κ3) is 47.1. The number of hydrogen-bond donors (Lipinski definition) is 9. The van der Waals surface area contributed by atoms with Gasteiger partial charge in [-0.25, -0.2) is 0 Å². The molecule has 3 amide bonds. The fourth-order valence-corrected chi connectivity index (χ4v) is 9.55. The van der Waals surface area contributed by atoms with Gasteiger partial charge in [0.25, 0.3) is 0 Å². The number of amides is 3. The van der Waals surface area contributed by atoms with E-state index in [4.69, 9.17) is 19.3 Å². The molecule has 3 saturated heterocycles. The van der Waals surface area contributed by atoms with E-state index in [2.05, 4.69) is 33.7 Å². The smallest absolute Gasteiger partial charge is 0.549 e. The second kappa shape index (κ2) is 51.5. The molecule has 0 unspecified atom stereocenters. The molecule has 0 atom stereocenters. The summed E-state index contributed by atoms with van der Waals surface area (Å²) >= 11 is 0. The van der Waals surface area contributed by atoms with Gasteiger partial charge in [0, 0.05) is 177 Å². The number of nitrogens with one attached hydrogen (secondary N) is 3. The number of terminal acetylenes is 3. The molecule has 0 aromatic heterocycles. The average Bonchev–Trinajstić information content (AvgIpc) is 1.06. The fraction of sp³-hybridized carbons (Fsp3) is 0.684. The van der Waals surface area contributed by atoms with Crippen LogP contribution in [0.15, 0.2) is 0 Å². The number of carboxylic acids is 9. The molecule has 3 aliphatic heterocycles. The van der Waals surface area contributed by atoms with Crippen LogP contribution in [0.3, 0.4) is 0 Å². The maximum absolute atomic E-state index is 12.1. The quantitative estimate of drug-likeness (QED) is 0.0345. The Morgan fingerprint density at radius 1 is 0.255 bits per heavy atom. The molecule has 3 heterocycles. The van der Waals surface area contributed by atoms with Gasteiger partial charge in [-0.05, 0) is 0 Å². The van der Waals surface area contributed by atoms with Gasteiger partial charge < -0.3 is 76.3 Å². The molecule has 0 aromatic carbocycles. The van der Waals surface area contributed by atoms with Gasteiger partial charge in [0.15, 0.2) is 0 Å². The molecule has 0 spiro atoms. The molecule has 9 N–H and O–H groups in total. The third-order valence-corrected chi connectivity index (χ3v) is 14.3. The van der Waals surface area contributed by atoms with Gasteiger partial charge in [-0.15, -0.1) is 19.3 Å². The first-order chi connectivity index (χ1) is 44.1. The van der Waals surface area contributed by atoms with Crippen molar-refractivity contribution >= 4 is 71.4 Å². The molecular weight excluding hydrogens is 1390 g/mol. The van der Waals surface area contributed by atoms with Crippen LogP contribution in [0.1, 0.15) is 0 Å². The molecule has 3 aliphatic rings. The Morgan fingerprint density at radius 2 is 0.372 bits per heavy atom. The van der Waals surface area contributed by atoms with Crippen molar-refractivity contribution in [1.82, 2.24) is 74.7 Å². The maximum Gasteiger partial charge on any atom is 3.00 e. The standard InChI is InChI=1S/3C19H31N5O7.Gd/c3*1-2-3-20-16(25)12-21-4-6-22(13-17(26)27)8-10-24(15-19(30)31)11-9-23(7-5-21)14-18(28)29;/h3*1H,3-15H2,(H,20,25)(H,26,27)(H,28,29)(H,30,31);/q;;;+3/p-3. The van der Waals surface area contributed by atoms with Gasteiger partial charge in [-0.2, -0.15) is 0 Å². The zero-order chi connectivity index (χ0) is 69.7. The number of carbonyl (C=O) groups is 12. The second-order valence-corrected chi connectivity index (χ2v) is 21.7. The fourth-order valence-electron chi connectivity index (χ4n) is 9.55. The summed E-state index contributed by atoms with van der Waals surface area (Å²) < 4.78 is 0. The van der Waals surface area contributed by atoms with Crippen molar-refractivity contribution in [2.45, 2.75) is 0 Å². The van der Waals surface area contributed by atoms with Crippen LogP contribution in [0, 0.1) is 77.0 Å². The van der Waals surface area contributed by atoms with E-state index in [9.17, 15) is 103 Å². The summed E-state index contributed by atoms with van der Waals surface area (Å²) in [5, 5.41) is 95.9. The number of aliphatic carboxylic acids is 9. The molecule has 0 bridgehead atoms. The minimum Gasteiger partial charge on any atom is -0.549 e. The van der Waals surface area contributed by atoms with Crippen LogP contribution in [0.25, 0.3) is 0 Å². The summed E-state index contributed by atoms with van der Waals surface area (Å²) in [5.41, 5.74) is 0. The maximum atomic E-state index is 12.1. The first-order valence-corrected chi connectivity index (χ1v) is 29.8. The van der Waals surface area contributed by atoms with Crippen LogP contribution in [-0.4, -0.2) is 416 Å². The number of nitrogens with zero attached hydrogens (tertiary/aromatic N) is 12. The first kappa shape index (κ1) is 87.2. The summed E-state index contributed by atoms with van der Waals surface area (Å²) in [4.78, 5) is 157. The monoisotopic (exact) mass is 1480 g/mol. The van der Waals surface area contributed by atoms with E-state index in [1.54, 1.807) is 44.1 Å². The van der Waals surface area contributed by atoms with Crippen molar-refractivity contribution in [3.05, 3.63) is 0 Å². The van der Waals surface area contributed by atoms with Crippen molar-refractivity contribution in [2.24, 2.45) is 0 Å². The molecule has 94 heavy (non-hydrogen) atoms. The largest absolute Gasteiger partial charge is 3.00 e. The minimum atomic E-state index is -1.26. The van der Waals surface area contributed by atoms with Crippen molar-refractivity contribution in [3.8, 4) is 37.0 Å². The van der Waals surface area contributed by atoms with Crippen LogP contribution in [0.5, 0.6) is 0 Å². The first-order valence-electron chi connectivity index (χ1n) is 29.8. The zero-order valence-electron chi connectivity index (χ0n) is 52.8. The predicted octanol–water partition coefficient (Wildman–Crippen LogP) is -12.4.